The number of nitrogens with one attached hydrogen (secondary N) is 1. The molecular formula is C17H19N3OS. The summed E-state index contributed by atoms with van der Waals surface area (Å²) in [5, 5.41) is 5.37. The van der Waals surface area contributed by atoms with Crippen molar-refractivity contribution in [3.05, 3.63) is 62.0 Å². The standard InChI is InChI=1S/C17H19N3OS/c1-10-5-11(2)16(12(3)6-10)18-8-14-7-15(21)20-13(4)9-22-17(20)19-14/h5-7,9,18H,8H2,1-4H3. The third kappa shape index (κ3) is 2.64. The Morgan fingerprint density at radius 2 is 1.82 bits per heavy atom. The summed E-state index contributed by atoms with van der Waals surface area (Å²) in [7, 11) is 0. The molecule has 2 aromatic heterocycles. The van der Waals surface area contributed by atoms with Crippen LogP contribution in [-0.4, -0.2) is 9.38 Å². The predicted octanol–water partition coefficient (Wildman–Crippen LogP) is 3.60. The van der Waals surface area contributed by atoms with Gasteiger partial charge in [0.15, 0.2) is 4.96 Å². The van der Waals surface area contributed by atoms with E-state index in [1.165, 1.54) is 28.0 Å². The van der Waals surface area contributed by atoms with Crippen LogP contribution in [0.2, 0.25) is 0 Å². The fraction of sp³-hybridized carbons (Fsp3) is 0.294. The Morgan fingerprint density at radius 1 is 1.14 bits per heavy atom. The van der Waals surface area contributed by atoms with Crippen molar-refractivity contribution >= 4 is 22.0 Å². The normalized spacial score (nSPS) is 11.1. The number of aryl methyl sites for hydroxylation is 4. The van der Waals surface area contributed by atoms with Gasteiger partial charge in [-0.3, -0.25) is 9.20 Å². The zero-order valence-corrected chi connectivity index (χ0v) is 14.0. The monoisotopic (exact) mass is 313 g/mol. The molecule has 0 saturated heterocycles. The molecule has 0 atom stereocenters. The van der Waals surface area contributed by atoms with E-state index in [0.29, 0.717) is 6.54 Å². The zero-order chi connectivity index (χ0) is 15.9. The smallest absolute Gasteiger partial charge is 0.259 e. The van der Waals surface area contributed by atoms with Crippen LogP contribution >= 0.6 is 11.3 Å². The third-order valence-electron chi connectivity index (χ3n) is 3.75. The highest BCUT2D eigenvalue weighted by molar-refractivity contribution is 7.15. The summed E-state index contributed by atoms with van der Waals surface area (Å²) in [6.45, 7) is 8.75. The van der Waals surface area contributed by atoms with Crippen LogP contribution in [0.5, 0.6) is 0 Å². The average molecular weight is 313 g/mol. The lowest BCUT2D eigenvalue weighted by molar-refractivity contribution is 0.963. The summed E-state index contributed by atoms with van der Waals surface area (Å²) in [5.74, 6) is 0. The van der Waals surface area contributed by atoms with Gasteiger partial charge in [-0.15, -0.1) is 11.3 Å². The van der Waals surface area contributed by atoms with Gasteiger partial charge in [0, 0.05) is 22.8 Å². The van der Waals surface area contributed by atoms with Gasteiger partial charge in [0.1, 0.15) is 0 Å². The molecule has 0 aliphatic rings. The number of fused-ring (bicyclic) bond motifs is 1. The number of rotatable bonds is 3. The minimum atomic E-state index is -0.0158. The van der Waals surface area contributed by atoms with E-state index in [1.54, 1.807) is 10.5 Å². The summed E-state index contributed by atoms with van der Waals surface area (Å²) >= 11 is 1.50. The Bertz CT molecular complexity index is 885. The summed E-state index contributed by atoms with van der Waals surface area (Å²) in [6.07, 6.45) is 0. The number of hydrogen-bond acceptors (Lipinski definition) is 4. The van der Waals surface area contributed by atoms with Crippen LogP contribution in [0.15, 0.2) is 28.4 Å². The van der Waals surface area contributed by atoms with Gasteiger partial charge in [0.25, 0.3) is 5.56 Å². The number of benzene rings is 1. The first-order valence-corrected chi connectivity index (χ1v) is 8.12. The summed E-state index contributed by atoms with van der Waals surface area (Å²) in [6, 6.07) is 5.92. The molecule has 0 fully saturated rings. The van der Waals surface area contributed by atoms with E-state index >= 15 is 0 Å². The lowest BCUT2D eigenvalue weighted by Crippen LogP contribution is -2.16. The number of aromatic nitrogens is 2. The molecule has 0 radical (unpaired) electrons. The van der Waals surface area contributed by atoms with Crippen molar-refractivity contribution < 1.29 is 0 Å². The van der Waals surface area contributed by atoms with Crippen LogP contribution in [0.25, 0.3) is 4.96 Å². The second-order valence-electron chi connectivity index (χ2n) is 5.71. The van der Waals surface area contributed by atoms with E-state index in [1.807, 2.05) is 12.3 Å². The molecule has 0 amide bonds. The molecule has 2 heterocycles. The molecule has 0 aliphatic heterocycles. The fourth-order valence-corrected chi connectivity index (χ4v) is 3.72. The highest BCUT2D eigenvalue weighted by Crippen LogP contribution is 2.22. The third-order valence-corrected chi connectivity index (χ3v) is 4.70. The summed E-state index contributed by atoms with van der Waals surface area (Å²) < 4.78 is 1.65. The Hall–Kier alpha value is -2.14. The lowest BCUT2D eigenvalue weighted by Gasteiger charge is -2.13. The van der Waals surface area contributed by atoms with Crippen LogP contribution in [-0.2, 0) is 6.54 Å². The average Bonchev–Trinajstić information content (AvgIpc) is 2.79. The quantitative estimate of drug-likeness (QED) is 0.803. The highest BCUT2D eigenvalue weighted by atomic mass is 32.1. The minimum absolute atomic E-state index is 0.0158. The van der Waals surface area contributed by atoms with Crippen LogP contribution in [0.1, 0.15) is 28.1 Å². The van der Waals surface area contributed by atoms with Crippen LogP contribution in [0.4, 0.5) is 5.69 Å². The van der Waals surface area contributed by atoms with Crippen molar-refractivity contribution in [1.82, 2.24) is 9.38 Å². The maximum Gasteiger partial charge on any atom is 0.259 e. The van der Waals surface area contributed by atoms with Crippen LogP contribution in [0, 0.1) is 27.7 Å². The van der Waals surface area contributed by atoms with Gasteiger partial charge in [-0.05, 0) is 38.8 Å². The number of thiazole rings is 1. The molecule has 1 aromatic carbocycles. The molecule has 0 unspecified atom stereocenters. The first-order chi connectivity index (χ1) is 10.5. The predicted molar refractivity (Wildman–Crippen MR) is 92.1 cm³/mol. The van der Waals surface area contributed by atoms with Crippen molar-refractivity contribution in [3.63, 3.8) is 0 Å². The van der Waals surface area contributed by atoms with Gasteiger partial charge in [0.2, 0.25) is 0 Å². The van der Waals surface area contributed by atoms with E-state index in [9.17, 15) is 4.79 Å². The molecule has 4 nitrogen and oxygen atoms in total. The summed E-state index contributed by atoms with van der Waals surface area (Å²) in [5.41, 5.74) is 6.48. The molecular weight excluding hydrogens is 294 g/mol. The molecule has 0 saturated carbocycles. The Balaban J connectivity index is 1.90. The van der Waals surface area contributed by atoms with E-state index in [2.05, 4.69) is 43.2 Å². The van der Waals surface area contributed by atoms with Gasteiger partial charge in [-0.25, -0.2) is 4.98 Å². The highest BCUT2D eigenvalue weighted by Gasteiger charge is 2.08. The van der Waals surface area contributed by atoms with Crippen LogP contribution in [0.3, 0.4) is 0 Å². The van der Waals surface area contributed by atoms with Crippen molar-refractivity contribution in [2.24, 2.45) is 0 Å². The molecule has 0 spiro atoms. The molecule has 1 N–H and O–H groups in total. The first kappa shape index (κ1) is 14.8. The summed E-state index contributed by atoms with van der Waals surface area (Å²) in [4.78, 5) is 17.5. The zero-order valence-electron chi connectivity index (χ0n) is 13.2. The Morgan fingerprint density at radius 3 is 2.50 bits per heavy atom. The van der Waals surface area contributed by atoms with E-state index in [4.69, 9.17) is 0 Å². The fourth-order valence-electron chi connectivity index (χ4n) is 2.83. The molecule has 3 aromatic rings. The molecule has 22 heavy (non-hydrogen) atoms. The molecule has 0 aliphatic carbocycles. The van der Waals surface area contributed by atoms with Gasteiger partial charge in [-0.1, -0.05) is 17.7 Å². The van der Waals surface area contributed by atoms with Crippen molar-refractivity contribution in [1.29, 1.82) is 0 Å². The number of hydrogen-bond donors (Lipinski definition) is 1. The van der Waals surface area contributed by atoms with Crippen molar-refractivity contribution in [2.45, 2.75) is 34.2 Å². The maximum atomic E-state index is 12.2. The van der Waals surface area contributed by atoms with Crippen molar-refractivity contribution in [3.8, 4) is 0 Å². The van der Waals surface area contributed by atoms with E-state index in [0.717, 1.165) is 22.0 Å². The van der Waals surface area contributed by atoms with Gasteiger partial charge in [0.05, 0.1) is 12.2 Å². The Kier molecular flexibility index (Phi) is 3.74. The molecule has 0 bridgehead atoms. The van der Waals surface area contributed by atoms with Crippen LogP contribution < -0.4 is 10.9 Å². The SMILES string of the molecule is Cc1cc(C)c(NCc2cc(=O)n3c(C)csc3n2)c(C)c1. The van der Waals surface area contributed by atoms with Gasteiger partial charge < -0.3 is 5.32 Å². The second kappa shape index (κ2) is 5.57. The lowest BCUT2D eigenvalue weighted by atomic mass is 10.1. The molecule has 3 rings (SSSR count). The number of anilines is 1. The van der Waals surface area contributed by atoms with Crippen molar-refractivity contribution in [2.75, 3.05) is 5.32 Å². The maximum absolute atomic E-state index is 12.2. The second-order valence-corrected chi connectivity index (χ2v) is 6.54. The molecule has 114 valence electrons. The first-order valence-electron chi connectivity index (χ1n) is 7.24. The van der Waals surface area contributed by atoms with Gasteiger partial charge >= 0.3 is 0 Å². The molecule has 5 heteroatoms. The van der Waals surface area contributed by atoms with Gasteiger partial charge in [-0.2, -0.15) is 0 Å². The number of nitrogens with zero attached hydrogens (tertiary/aromatic N) is 2. The largest absolute Gasteiger partial charge is 0.379 e. The van der Waals surface area contributed by atoms with E-state index < -0.39 is 0 Å². The Labute approximate surface area is 133 Å². The van der Waals surface area contributed by atoms with E-state index in [-0.39, 0.29) is 5.56 Å². The minimum Gasteiger partial charge on any atom is -0.379 e. The topological polar surface area (TPSA) is 46.4 Å².